The average molecular weight is 143 g/mol. The number of allylic oxidation sites excluding steroid dienone is 1. The van der Waals surface area contributed by atoms with Gasteiger partial charge in [-0.1, -0.05) is 12.2 Å². The summed E-state index contributed by atoms with van der Waals surface area (Å²) in [6.45, 7) is 7.54. The van der Waals surface area contributed by atoms with Crippen molar-refractivity contribution in [1.82, 2.24) is 5.32 Å². The molecule has 0 aromatic heterocycles. The van der Waals surface area contributed by atoms with Gasteiger partial charge >= 0.3 is 0 Å². The summed E-state index contributed by atoms with van der Waals surface area (Å²) >= 11 is 0. The van der Waals surface area contributed by atoms with Gasteiger partial charge in [0, 0.05) is 19.7 Å². The van der Waals surface area contributed by atoms with Gasteiger partial charge in [0.1, 0.15) is 0 Å². The number of hydrogen-bond acceptors (Lipinski definition) is 2. The van der Waals surface area contributed by atoms with Crippen LogP contribution in [0.4, 0.5) is 0 Å². The lowest BCUT2D eigenvalue weighted by molar-refractivity contribution is 0.150. The van der Waals surface area contributed by atoms with Crippen molar-refractivity contribution >= 4 is 0 Å². The average Bonchev–Trinajstić information content (AvgIpc) is 1.97. The molecule has 1 N–H and O–H groups in total. The fourth-order valence-corrected chi connectivity index (χ4v) is 0.592. The smallest absolute Gasteiger partial charge is 0.0590 e. The number of hydrogen-bond donors (Lipinski definition) is 1. The molecule has 0 unspecified atom stereocenters. The molecule has 0 aromatic rings. The highest BCUT2D eigenvalue weighted by Gasteiger charge is 1.81. The number of ether oxygens (including phenoxy) is 1. The summed E-state index contributed by atoms with van der Waals surface area (Å²) < 4.78 is 5.13. The lowest BCUT2D eigenvalue weighted by atomic mass is 10.5. The van der Waals surface area contributed by atoms with E-state index >= 15 is 0 Å². The van der Waals surface area contributed by atoms with E-state index in [1.54, 1.807) is 0 Å². The van der Waals surface area contributed by atoms with E-state index in [-0.39, 0.29) is 0 Å². The number of rotatable bonds is 6. The molecule has 0 radical (unpaired) electrons. The van der Waals surface area contributed by atoms with Gasteiger partial charge in [-0.25, -0.2) is 0 Å². The van der Waals surface area contributed by atoms with Gasteiger partial charge in [-0.15, -0.1) is 0 Å². The maximum absolute atomic E-state index is 5.13. The summed E-state index contributed by atoms with van der Waals surface area (Å²) in [5.74, 6) is 0. The van der Waals surface area contributed by atoms with Crippen LogP contribution in [-0.4, -0.2) is 26.3 Å². The molecule has 0 fully saturated rings. The van der Waals surface area contributed by atoms with E-state index in [0.717, 1.165) is 26.3 Å². The summed E-state index contributed by atoms with van der Waals surface area (Å²) in [5.41, 5.74) is 0. The Morgan fingerprint density at radius 1 is 1.50 bits per heavy atom. The highest BCUT2D eigenvalue weighted by Crippen LogP contribution is 1.71. The zero-order chi connectivity index (χ0) is 7.66. The molecule has 0 saturated carbocycles. The zero-order valence-corrected chi connectivity index (χ0v) is 6.89. The maximum Gasteiger partial charge on any atom is 0.0590 e. The lowest BCUT2D eigenvalue weighted by Crippen LogP contribution is -2.19. The molecule has 60 valence electrons. The van der Waals surface area contributed by atoms with Gasteiger partial charge in [0.25, 0.3) is 0 Å². The van der Waals surface area contributed by atoms with Crippen LogP contribution in [0.1, 0.15) is 13.8 Å². The van der Waals surface area contributed by atoms with Crippen LogP contribution >= 0.6 is 0 Å². The largest absolute Gasteiger partial charge is 0.380 e. The van der Waals surface area contributed by atoms with Crippen molar-refractivity contribution in [3.63, 3.8) is 0 Å². The monoisotopic (exact) mass is 143 g/mol. The van der Waals surface area contributed by atoms with Crippen molar-refractivity contribution in [1.29, 1.82) is 0 Å². The first kappa shape index (κ1) is 9.66. The molecule has 0 aromatic carbocycles. The van der Waals surface area contributed by atoms with E-state index in [2.05, 4.69) is 11.4 Å². The van der Waals surface area contributed by atoms with Crippen LogP contribution in [0.15, 0.2) is 12.2 Å². The second-order valence-corrected chi connectivity index (χ2v) is 1.97. The Morgan fingerprint density at radius 3 is 2.90 bits per heavy atom. The molecule has 2 nitrogen and oxygen atoms in total. The first-order valence-electron chi connectivity index (χ1n) is 3.81. The van der Waals surface area contributed by atoms with Gasteiger partial charge < -0.3 is 10.1 Å². The van der Waals surface area contributed by atoms with Crippen molar-refractivity contribution in [2.24, 2.45) is 0 Å². The molecule has 0 spiro atoms. The van der Waals surface area contributed by atoms with Gasteiger partial charge in [-0.3, -0.25) is 0 Å². The predicted octanol–water partition coefficient (Wildman–Crippen LogP) is 1.19. The summed E-state index contributed by atoms with van der Waals surface area (Å²) in [5, 5.41) is 3.21. The highest BCUT2D eigenvalue weighted by molar-refractivity contribution is 4.78. The predicted molar refractivity (Wildman–Crippen MR) is 44.2 cm³/mol. The Kier molecular flexibility index (Phi) is 8.37. The van der Waals surface area contributed by atoms with E-state index < -0.39 is 0 Å². The highest BCUT2D eigenvalue weighted by atomic mass is 16.5. The molecule has 0 heterocycles. The van der Waals surface area contributed by atoms with Crippen molar-refractivity contribution in [2.75, 3.05) is 26.3 Å². The van der Waals surface area contributed by atoms with Crippen LogP contribution in [0.3, 0.4) is 0 Å². The quantitative estimate of drug-likeness (QED) is 0.445. The minimum Gasteiger partial charge on any atom is -0.380 e. The second-order valence-electron chi connectivity index (χ2n) is 1.97. The normalized spacial score (nSPS) is 11.0. The van der Waals surface area contributed by atoms with E-state index in [0.29, 0.717) is 0 Å². The van der Waals surface area contributed by atoms with Gasteiger partial charge in [-0.05, 0) is 13.8 Å². The van der Waals surface area contributed by atoms with Crippen LogP contribution < -0.4 is 5.32 Å². The molecule has 0 aliphatic rings. The summed E-state index contributed by atoms with van der Waals surface area (Å²) in [6.07, 6.45) is 4.12. The fraction of sp³-hybridized carbons (Fsp3) is 0.750. The first-order valence-corrected chi connectivity index (χ1v) is 3.81. The van der Waals surface area contributed by atoms with Gasteiger partial charge in [-0.2, -0.15) is 0 Å². The van der Waals surface area contributed by atoms with E-state index in [4.69, 9.17) is 4.74 Å². The van der Waals surface area contributed by atoms with Crippen molar-refractivity contribution in [2.45, 2.75) is 13.8 Å². The summed E-state index contributed by atoms with van der Waals surface area (Å²) in [4.78, 5) is 0. The lowest BCUT2D eigenvalue weighted by Gasteiger charge is -2.00. The topological polar surface area (TPSA) is 21.3 Å². The van der Waals surface area contributed by atoms with E-state index in [1.807, 2.05) is 19.9 Å². The maximum atomic E-state index is 5.13. The Bertz CT molecular complexity index is 81.3. The molecule has 0 rings (SSSR count). The molecule has 0 atom stereocenters. The Morgan fingerprint density at radius 2 is 2.30 bits per heavy atom. The van der Waals surface area contributed by atoms with E-state index in [1.165, 1.54) is 0 Å². The van der Waals surface area contributed by atoms with Gasteiger partial charge in [0.15, 0.2) is 0 Å². The van der Waals surface area contributed by atoms with Crippen LogP contribution in [0.2, 0.25) is 0 Å². The second kappa shape index (κ2) is 8.66. The summed E-state index contributed by atoms with van der Waals surface area (Å²) in [7, 11) is 0. The third-order valence-electron chi connectivity index (χ3n) is 1.13. The van der Waals surface area contributed by atoms with E-state index in [9.17, 15) is 0 Å². The molecule has 0 saturated heterocycles. The van der Waals surface area contributed by atoms with Crippen molar-refractivity contribution < 1.29 is 4.74 Å². The Balaban J connectivity index is 2.77. The Hall–Kier alpha value is -0.340. The molecule has 10 heavy (non-hydrogen) atoms. The van der Waals surface area contributed by atoms with Gasteiger partial charge in [0.05, 0.1) is 6.61 Å². The SMILES string of the molecule is C/C=C\CNCCOCC. The van der Waals surface area contributed by atoms with Crippen LogP contribution in [-0.2, 0) is 4.74 Å². The minimum absolute atomic E-state index is 0.811. The van der Waals surface area contributed by atoms with Crippen LogP contribution in [0, 0.1) is 0 Å². The third-order valence-corrected chi connectivity index (χ3v) is 1.13. The number of nitrogens with one attached hydrogen (secondary N) is 1. The molecule has 0 amide bonds. The van der Waals surface area contributed by atoms with Crippen LogP contribution in [0.5, 0.6) is 0 Å². The van der Waals surface area contributed by atoms with Crippen LogP contribution in [0.25, 0.3) is 0 Å². The summed E-state index contributed by atoms with van der Waals surface area (Å²) in [6, 6.07) is 0. The molecule has 2 heteroatoms. The van der Waals surface area contributed by atoms with Crippen molar-refractivity contribution in [3.05, 3.63) is 12.2 Å². The first-order chi connectivity index (χ1) is 4.91. The molecular weight excluding hydrogens is 126 g/mol. The van der Waals surface area contributed by atoms with Crippen molar-refractivity contribution in [3.8, 4) is 0 Å². The standard InChI is InChI=1S/C8H17NO/c1-3-5-6-9-7-8-10-4-2/h3,5,9H,4,6-8H2,1-2H3/b5-3-. The fourth-order valence-electron chi connectivity index (χ4n) is 0.592. The molecular formula is C8H17NO. The van der Waals surface area contributed by atoms with Gasteiger partial charge in [0.2, 0.25) is 0 Å². The Labute approximate surface area is 63.3 Å². The third kappa shape index (κ3) is 7.66. The molecule has 0 bridgehead atoms. The molecule has 0 aliphatic heterocycles. The molecule has 0 aliphatic carbocycles. The minimum atomic E-state index is 0.811. The zero-order valence-electron chi connectivity index (χ0n) is 6.89.